The molecule has 1 aliphatic heterocycles. The van der Waals surface area contributed by atoms with E-state index in [-0.39, 0.29) is 6.10 Å². The van der Waals surface area contributed by atoms with Crippen molar-refractivity contribution in [3.05, 3.63) is 35.5 Å². The van der Waals surface area contributed by atoms with E-state index >= 15 is 0 Å². The minimum absolute atomic E-state index is 0.235. The summed E-state index contributed by atoms with van der Waals surface area (Å²) in [7, 11) is 0. The van der Waals surface area contributed by atoms with E-state index in [0.717, 1.165) is 36.4 Å². The van der Waals surface area contributed by atoms with Crippen molar-refractivity contribution in [2.45, 2.75) is 59.1 Å². The van der Waals surface area contributed by atoms with E-state index < -0.39 is 0 Å². The quantitative estimate of drug-likeness (QED) is 0.779. The highest BCUT2D eigenvalue weighted by atomic mass is 16.5. The van der Waals surface area contributed by atoms with Crippen LogP contribution in [-0.4, -0.2) is 27.7 Å². The van der Waals surface area contributed by atoms with Gasteiger partial charge in [0.2, 0.25) is 0 Å². The smallest absolute Gasteiger partial charge is 0.113 e. The van der Waals surface area contributed by atoms with E-state index in [0.29, 0.717) is 11.3 Å². The van der Waals surface area contributed by atoms with E-state index in [9.17, 15) is 0 Å². The Kier molecular flexibility index (Phi) is 4.58. The molecule has 0 N–H and O–H groups in total. The van der Waals surface area contributed by atoms with Crippen molar-refractivity contribution in [2.75, 3.05) is 6.61 Å². The number of benzene rings is 1. The first kappa shape index (κ1) is 17.3. The maximum atomic E-state index is 6.00. The summed E-state index contributed by atoms with van der Waals surface area (Å²) in [6.07, 6.45) is 7.06. The van der Waals surface area contributed by atoms with Crippen LogP contribution in [0.15, 0.2) is 24.4 Å². The van der Waals surface area contributed by atoms with Crippen LogP contribution in [-0.2, 0) is 11.3 Å². The first-order chi connectivity index (χ1) is 12.5. The van der Waals surface area contributed by atoms with Crippen LogP contribution in [0.4, 0.5) is 0 Å². The molecule has 4 nitrogen and oxygen atoms in total. The van der Waals surface area contributed by atoms with Crippen molar-refractivity contribution in [1.29, 1.82) is 0 Å². The molecular weight excluding hydrogens is 322 g/mol. The summed E-state index contributed by atoms with van der Waals surface area (Å²) in [6.45, 7) is 8.23. The second-order valence-corrected chi connectivity index (χ2v) is 8.54. The highest BCUT2D eigenvalue weighted by Gasteiger charge is 2.28. The van der Waals surface area contributed by atoms with Gasteiger partial charge < -0.3 is 4.74 Å². The molecule has 4 heteroatoms. The Morgan fingerprint density at radius 3 is 2.81 bits per heavy atom. The lowest BCUT2D eigenvalue weighted by molar-refractivity contribution is -0.0562. The van der Waals surface area contributed by atoms with Crippen molar-refractivity contribution in [1.82, 2.24) is 15.0 Å². The minimum Gasteiger partial charge on any atom is -0.376 e. The zero-order chi connectivity index (χ0) is 18.1. The van der Waals surface area contributed by atoms with Gasteiger partial charge in [0.1, 0.15) is 5.69 Å². The fraction of sp³-hybridized carbons (Fsp3) is 0.545. The summed E-state index contributed by atoms with van der Waals surface area (Å²) >= 11 is 0. The van der Waals surface area contributed by atoms with Gasteiger partial charge in [-0.2, -0.15) is 0 Å². The standard InChI is InChI=1S/C22H27N3O/c1-16-12-18(7-6-17-4-5-17)8-9-20(16)21-14-25(24-23-21)13-19-10-11-22(2,3)15-26-19/h8-9,12,14,17,19H,4-5,10-11,13,15H2,1-3H3. The second kappa shape index (κ2) is 6.89. The highest BCUT2D eigenvalue weighted by Crippen LogP contribution is 2.30. The van der Waals surface area contributed by atoms with Gasteiger partial charge in [0.05, 0.1) is 25.5 Å². The van der Waals surface area contributed by atoms with Gasteiger partial charge in [0.15, 0.2) is 0 Å². The van der Waals surface area contributed by atoms with Crippen molar-refractivity contribution < 1.29 is 4.74 Å². The summed E-state index contributed by atoms with van der Waals surface area (Å²) in [5, 5.41) is 8.69. The summed E-state index contributed by atoms with van der Waals surface area (Å²) in [5.41, 5.74) is 4.61. The molecule has 1 saturated heterocycles. The molecule has 1 saturated carbocycles. The average molecular weight is 349 g/mol. The van der Waals surface area contributed by atoms with Crippen molar-refractivity contribution in [3.63, 3.8) is 0 Å². The molecule has 4 rings (SSSR count). The van der Waals surface area contributed by atoms with Gasteiger partial charge in [-0.3, -0.25) is 0 Å². The van der Waals surface area contributed by atoms with Crippen molar-refractivity contribution in [3.8, 4) is 23.1 Å². The number of aryl methyl sites for hydroxylation is 1. The topological polar surface area (TPSA) is 39.9 Å². The number of aromatic nitrogens is 3. The zero-order valence-electron chi connectivity index (χ0n) is 16.0. The predicted octanol–water partition coefficient (Wildman–Crippen LogP) is 4.22. The number of hydrogen-bond acceptors (Lipinski definition) is 3. The Morgan fingerprint density at radius 1 is 1.27 bits per heavy atom. The average Bonchev–Trinajstić information content (AvgIpc) is 3.33. The van der Waals surface area contributed by atoms with Gasteiger partial charge >= 0.3 is 0 Å². The van der Waals surface area contributed by atoms with Crippen LogP contribution in [0.2, 0.25) is 0 Å². The lowest BCUT2D eigenvalue weighted by Crippen LogP contribution is -2.34. The van der Waals surface area contributed by atoms with Crippen LogP contribution in [0.1, 0.15) is 50.7 Å². The lowest BCUT2D eigenvalue weighted by Gasteiger charge is -2.34. The Bertz CT molecular complexity index is 842. The Balaban J connectivity index is 1.43. The number of rotatable bonds is 3. The van der Waals surface area contributed by atoms with Crippen LogP contribution < -0.4 is 0 Å². The van der Waals surface area contributed by atoms with Crippen molar-refractivity contribution in [2.24, 2.45) is 11.3 Å². The molecule has 1 unspecified atom stereocenters. The molecule has 26 heavy (non-hydrogen) atoms. The maximum Gasteiger partial charge on any atom is 0.113 e. The number of ether oxygens (including phenoxy) is 1. The van der Waals surface area contributed by atoms with Crippen LogP contribution >= 0.6 is 0 Å². The fourth-order valence-corrected chi connectivity index (χ4v) is 3.36. The summed E-state index contributed by atoms with van der Waals surface area (Å²) < 4.78 is 7.91. The van der Waals surface area contributed by atoms with E-state index in [1.165, 1.54) is 24.8 Å². The molecule has 0 bridgehead atoms. The molecule has 0 amide bonds. The third-order valence-electron chi connectivity index (χ3n) is 5.28. The first-order valence-corrected chi connectivity index (χ1v) is 9.63. The molecule has 2 aromatic rings. The molecule has 136 valence electrons. The lowest BCUT2D eigenvalue weighted by atomic mass is 9.85. The molecule has 1 atom stereocenters. The summed E-state index contributed by atoms with van der Waals surface area (Å²) in [4.78, 5) is 0. The van der Waals surface area contributed by atoms with Crippen LogP contribution in [0.3, 0.4) is 0 Å². The predicted molar refractivity (Wildman–Crippen MR) is 103 cm³/mol. The Labute approximate surface area is 155 Å². The first-order valence-electron chi connectivity index (χ1n) is 9.63. The molecular formula is C22H27N3O. The monoisotopic (exact) mass is 349 g/mol. The molecule has 1 aliphatic carbocycles. The van der Waals surface area contributed by atoms with Gasteiger partial charge in [0.25, 0.3) is 0 Å². The third-order valence-corrected chi connectivity index (χ3v) is 5.28. The molecule has 2 aliphatic rings. The third kappa shape index (κ3) is 4.16. The molecule has 0 radical (unpaired) electrons. The van der Waals surface area contributed by atoms with E-state index in [1.807, 2.05) is 10.9 Å². The van der Waals surface area contributed by atoms with E-state index in [1.54, 1.807) is 0 Å². The molecule has 1 aromatic carbocycles. The van der Waals surface area contributed by atoms with Gasteiger partial charge in [-0.1, -0.05) is 37.0 Å². The molecule has 2 heterocycles. The largest absolute Gasteiger partial charge is 0.376 e. The SMILES string of the molecule is Cc1cc(C#CC2CC2)ccc1-c1cn(CC2CCC(C)(C)CO2)nn1. The van der Waals surface area contributed by atoms with Crippen molar-refractivity contribution >= 4 is 0 Å². The Morgan fingerprint density at radius 2 is 2.12 bits per heavy atom. The number of nitrogens with zero attached hydrogens (tertiary/aromatic N) is 3. The molecule has 2 fully saturated rings. The minimum atomic E-state index is 0.235. The number of hydrogen-bond donors (Lipinski definition) is 0. The summed E-state index contributed by atoms with van der Waals surface area (Å²) in [5.74, 6) is 7.23. The maximum absolute atomic E-state index is 6.00. The molecule has 0 spiro atoms. The van der Waals surface area contributed by atoms with Gasteiger partial charge in [-0.05, 0) is 55.7 Å². The van der Waals surface area contributed by atoms with Crippen LogP contribution in [0, 0.1) is 30.1 Å². The van der Waals surface area contributed by atoms with Gasteiger partial charge in [-0.25, -0.2) is 4.68 Å². The normalized spacial score (nSPS) is 21.9. The molecule has 1 aromatic heterocycles. The van der Waals surface area contributed by atoms with Crippen LogP contribution in [0.25, 0.3) is 11.3 Å². The second-order valence-electron chi connectivity index (χ2n) is 8.54. The van der Waals surface area contributed by atoms with Gasteiger partial charge in [-0.15, -0.1) is 5.10 Å². The van der Waals surface area contributed by atoms with Gasteiger partial charge in [0, 0.05) is 17.0 Å². The summed E-state index contributed by atoms with van der Waals surface area (Å²) in [6, 6.07) is 6.35. The van der Waals surface area contributed by atoms with Crippen LogP contribution in [0.5, 0.6) is 0 Å². The Hall–Kier alpha value is -2.12. The van der Waals surface area contributed by atoms with E-state index in [4.69, 9.17) is 4.74 Å². The highest BCUT2D eigenvalue weighted by molar-refractivity contribution is 5.64. The fourth-order valence-electron chi connectivity index (χ4n) is 3.36. The van der Waals surface area contributed by atoms with E-state index in [2.05, 4.69) is 61.1 Å². The zero-order valence-corrected chi connectivity index (χ0v) is 16.0.